The number of benzene rings is 3. The molecular weight excluding hydrogens is 458 g/mol. The Hall–Kier alpha value is -3.23. The standard InChI is InChI=1S/C25H23NO5S2/c1-15-4-7-20(8-5-15)33(29,30)23-13-26-22-9-6-18(12-21(22)23)31-25-16(2)10-19(11-17(25)3)32-14-24(27)28/h4-13,26H,14H2,1-3H3,(H,27,28). The molecular formula is C25H23NO5S2. The van der Waals surface area contributed by atoms with E-state index in [1.54, 1.807) is 42.5 Å². The number of sulfone groups is 1. The lowest BCUT2D eigenvalue weighted by molar-refractivity contribution is -0.133. The van der Waals surface area contributed by atoms with E-state index in [0.717, 1.165) is 21.6 Å². The summed E-state index contributed by atoms with van der Waals surface area (Å²) in [4.78, 5) is 15.2. The molecule has 1 aromatic heterocycles. The Balaban J connectivity index is 1.68. The molecule has 0 saturated heterocycles. The van der Waals surface area contributed by atoms with Crippen LogP contribution in [-0.4, -0.2) is 30.2 Å². The molecule has 0 aliphatic carbocycles. The van der Waals surface area contributed by atoms with Crippen molar-refractivity contribution in [2.75, 3.05) is 5.75 Å². The summed E-state index contributed by atoms with van der Waals surface area (Å²) in [6.45, 7) is 5.71. The zero-order valence-electron chi connectivity index (χ0n) is 18.4. The van der Waals surface area contributed by atoms with E-state index in [1.165, 1.54) is 18.0 Å². The third-order valence-corrected chi connectivity index (χ3v) is 8.02. The maximum absolute atomic E-state index is 13.2. The fraction of sp³-hybridized carbons (Fsp3) is 0.160. The lowest BCUT2D eigenvalue weighted by Gasteiger charge is -2.14. The second kappa shape index (κ2) is 8.96. The Morgan fingerprint density at radius 1 is 1.00 bits per heavy atom. The molecule has 4 aromatic rings. The lowest BCUT2D eigenvalue weighted by Crippen LogP contribution is -2.01. The highest BCUT2D eigenvalue weighted by Crippen LogP contribution is 2.36. The summed E-state index contributed by atoms with van der Waals surface area (Å²) in [6.07, 6.45) is 1.51. The van der Waals surface area contributed by atoms with Crippen LogP contribution in [0.1, 0.15) is 16.7 Å². The molecule has 0 saturated carbocycles. The number of carbonyl (C=O) groups is 1. The van der Waals surface area contributed by atoms with Gasteiger partial charge in [0.25, 0.3) is 0 Å². The fourth-order valence-corrected chi connectivity index (χ4v) is 5.85. The van der Waals surface area contributed by atoms with Crippen LogP contribution < -0.4 is 4.74 Å². The first-order valence-electron chi connectivity index (χ1n) is 10.2. The van der Waals surface area contributed by atoms with Gasteiger partial charge in [-0.25, -0.2) is 8.42 Å². The highest BCUT2D eigenvalue weighted by atomic mass is 32.2. The molecule has 1 heterocycles. The Bertz CT molecular complexity index is 1430. The van der Waals surface area contributed by atoms with Crippen molar-refractivity contribution in [2.24, 2.45) is 0 Å². The minimum Gasteiger partial charge on any atom is -0.481 e. The molecule has 0 radical (unpaired) electrons. The van der Waals surface area contributed by atoms with Gasteiger partial charge in [0.2, 0.25) is 9.84 Å². The lowest BCUT2D eigenvalue weighted by atomic mass is 10.1. The highest BCUT2D eigenvalue weighted by molar-refractivity contribution is 8.00. The van der Waals surface area contributed by atoms with Crippen molar-refractivity contribution < 1.29 is 23.1 Å². The summed E-state index contributed by atoms with van der Waals surface area (Å²) in [5.41, 5.74) is 3.41. The highest BCUT2D eigenvalue weighted by Gasteiger charge is 2.22. The predicted octanol–water partition coefficient (Wildman–Crippen LogP) is 5.89. The van der Waals surface area contributed by atoms with Gasteiger partial charge in [-0.2, -0.15) is 0 Å². The number of hydrogen-bond donors (Lipinski definition) is 2. The average molecular weight is 482 g/mol. The van der Waals surface area contributed by atoms with Crippen molar-refractivity contribution in [2.45, 2.75) is 35.5 Å². The van der Waals surface area contributed by atoms with Crippen molar-refractivity contribution in [1.82, 2.24) is 4.98 Å². The van der Waals surface area contributed by atoms with Crippen LogP contribution in [0, 0.1) is 20.8 Å². The average Bonchev–Trinajstić information content (AvgIpc) is 3.19. The van der Waals surface area contributed by atoms with Gasteiger partial charge in [-0.05, 0) is 74.4 Å². The van der Waals surface area contributed by atoms with Crippen LogP contribution in [0.25, 0.3) is 10.9 Å². The number of carboxylic acid groups (broad SMARTS) is 1. The van der Waals surface area contributed by atoms with E-state index in [0.29, 0.717) is 22.4 Å². The molecule has 2 N–H and O–H groups in total. The second-order valence-electron chi connectivity index (χ2n) is 7.85. The Morgan fingerprint density at radius 3 is 2.30 bits per heavy atom. The Labute approximate surface area is 196 Å². The van der Waals surface area contributed by atoms with E-state index in [4.69, 9.17) is 9.84 Å². The van der Waals surface area contributed by atoms with Gasteiger partial charge in [-0.1, -0.05) is 17.7 Å². The third kappa shape index (κ3) is 4.77. The molecule has 0 unspecified atom stereocenters. The molecule has 0 aliphatic rings. The summed E-state index contributed by atoms with van der Waals surface area (Å²) in [5, 5.41) is 9.46. The maximum Gasteiger partial charge on any atom is 0.313 e. The number of aromatic amines is 1. The van der Waals surface area contributed by atoms with Crippen molar-refractivity contribution >= 4 is 38.5 Å². The van der Waals surface area contributed by atoms with Gasteiger partial charge in [-0.3, -0.25) is 4.79 Å². The number of ether oxygens (including phenoxy) is 1. The van der Waals surface area contributed by atoms with E-state index >= 15 is 0 Å². The number of hydrogen-bond acceptors (Lipinski definition) is 5. The van der Waals surface area contributed by atoms with E-state index in [-0.39, 0.29) is 15.5 Å². The summed E-state index contributed by atoms with van der Waals surface area (Å²) >= 11 is 1.25. The molecule has 0 atom stereocenters. The quantitative estimate of drug-likeness (QED) is 0.319. The molecule has 0 aliphatic heterocycles. The molecule has 170 valence electrons. The normalized spacial score (nSPS) is 11.6. The third-order valence-electron chi connectivity index (χ3n) is 5.25. The van der Waals surface area contributed by atoms with E-state index in [1.807, 2.05) is 32.9 Å². The van der Waals surface area contributed by atoms with Crippen LogP contribution in [-0.2, 0) is 14.6 Å². The number of nitrogens with one attached hydrogen (secondary N) is 1. The summed E-state index contributed by atoms with van der Waals surface area (Å²) < 4.78 is 32.6. The monoisotopic (exact) mass is 481 g/mol. The Morgan fingerprint density at radius 2 is 1.67 bits per heavy atom. The van der Waals surface area contributed by atoms with E-state index in [9.17, 15) is 13.2 Å². The molecule has 6 nitrogen and oxygen atoms in total. The minimum absolute atomic E-state index is 0.0124. The van der Waals surface area contributed by atoms with Crippen LogP contribution in [0.4, 0.5) is 0 Å². The number of aryl methyl sites for hydroxylation is 3. The molecule has 0 fully saturated rings. The fourth-order valence-electron chi connectivity index (χ4n) is 3.62. The maximum atomic E-state index is 13.2. The number of aromatic nitrogens is 1. The predicted molar refractivity (Wildman–Crippen MR) is 129 cm³/mol. The molecule has 8 heteroatoms. The molecule has 33 heavy (non-hydrogen) atoms. The zero-order valence-corrected chi connectivity index (χ0v) is 20.0. The second-order valence-corrected chi connectivity index (χ2v) is 10.8. The zero-order chi connectivity index (χ0) is 23.8. The van der Waals surface area contributed by atoms with Crippen molar-refractivity contribution in [1.29, 1.82) is 0 Å². The summed E-state index contributed by atoms with van der Waals surface area (Å²) in [5.74, 6) is 0.292. The van der Waals surface area contributed by atoms with Crippen LogP contribution >= 0.6 is 11.8 Å². The number of aliphatic carboxylic acids is 1. The number of H-pyrrole nitrogens is 1. The molecule has 0 spiro atoms. The largest absolute Gasteiger partial charge is 0.481 e. The minimum atomic E-state index is -3.70. The van der Waals surface area contributed by atoms with Crippen molar-refractivity contribution in [3.63, 3.8) is 0 Å². The van der Waals surface area contributed by atoms with E-state index < -0.39 is 15.8 Å². The topological polar surface area (TPSA) is 96.5 Å². The first-order chi connectivity index (χ1) is 15.6. The van der Waals surface area contributed by atoms with Crippen LogP contribution in [0.2, 0.25) is 0 Å². The number of fused-ring (bicyclic) bond motifs is 1. The number of rotatable bonds is 7. The SMILES string of the molecule is Cc1ccc(S(=O)(=O)c2c[nH]c3ccc(Oc4c(C)cc(SCC(=O)O)cc4C)cc23)cc1. The van der Waals surface area contributed by atoms with Gasteiger partial charge < -0.3 is 14.8 Å². The molecule has 4 rings (SSSR count). The van der Waals surface area contributed by atoms with Crippen molar-refractivity contribution in [3.8, 4) is 11.5 Å². The molecule has 0 amide bonds. The number of carboxylic acids is 1. The smallest absolute Gasteiger partial charge is 0.313 e. The summed E-state index contributed by atoms with van der Waals surface area (Å²) in [7, 11) is -3.70. The molecule has 3 aromatic carbocycles. The first-order valence-corrected chi connectivity index (χ1v) is 12.7. The van der Waals surface area contributed by atoms with Gasteiger partial charge in [0, 0.05) is 22.0 Å². The van der Waals surface area contributed by atoms with Crippen LogP contribution in [0.3, 0.4) is 0 Å². The van der Waals surface area contributed by atoms with Gasteiger partial charge in [-0.15, -0.1) is 11.8 Å². The van der Waals surface area contributed by atoms with Gasteiger partial charge in [0.1, 0.15) is 11.5 Å². The summed E-state index contributed by atoms with van der Waals surface area (Å²) in [6, 6.07) is 15.9. The number of thioether (sulfide) groups is 1. The van der Waals surface area contributed by atoms with Gasteiger partial charge in [0.15, 0.2) is 0 Å². The molecule has 0 bridgehead atoms. The van der Waals surface area contributed by atoms with Gasteiger partial charge >= 0.3 is 5.97 Å². The first kappa shape index (κ1) is 22.9. The van der Waals surface area contributed by atoms with Crippen LogP contribution in [0.15, 0.2) is 75.5 Å². The van der Waals surface area contributed by atoms with Crippen molar-refractivity contribution in [3.05, 3.63) is 77.5 Å². The Kier molecular flexibility index (Phi) is 6.23. The van der Waals surface area contributed by atoms with E-state index in [2.05, 4.69) is 4.98 Å². The van der Waals surface area contributed by atoms with Gasteiger partial charge in [0.05, 0.1) is 15.5 Å². The van der Waals surface area contributed by atoms with Crippen LogP contribution in [0.5, 0.6) is 11.5 Å².